The lowest BCUT2D eigenvalue weighted by Crippen LogP contribution is -2.12. The summed E-state index contributed by atoms with van der Waals surface area (Å²) >= 11 is 0. The van der Waals surface area contributed by atoms with Crippen molar-refractivity contribution in [1.29, 1.82) is 0 Å². The Morgan fingerprint density at radius 3 is 2.75 bits per heavy atom. The summed E-state index contributed by atoms with van der Waals surface area (Å²) in [6.07, 6.45) is 3.64. The average molecular weight is 277 g/mol. The van der Waals surface area contributed by atoms with Crippen molar-refractivity contribution in [1.82, 2.24) is 24.9 Å². The van der Waals surface area contributed by atoms with Crippen molar-refractivity contribution in [2.75, 3.05) is 6.54 Å². The smallest absolute Gasteiger partial charge is 0.222 e. The van der Waals surface area contributed by atoms with Crippen molar-refractivity contribution < 1.29 is 4.74 Å². The average Bonchev–Trinajstić information content (AvgIpc) is 2.95. The Kier molecular flexibility index (Phi) is 4.44. The van der Waals surface area contributed by atoms with Gasteiger partial charge < -0.3 is 10.1 Å². The predicted octanol–water partition coefficient (Wildman–Crippen LogP) is 2.41. The van der Waals surface area contributed by atoms with Gasteiger partial charge in [-0.3, -0.25) is 4.68 Å². The van der Waals surface area contributed by atoms with Gasteiger partial charge in [0.25, 0.3) is 0 Å². The summed E-state index contributed by atoms with van der Waals surface area (Å²) in [6.45, 7) is 9.92. The Morgan fingerprint density at radius 2 is 2.15 bits per heavy atom. The maximum atomic E-state index is 5.97. The van der Waals surface area contributed by atoms with E-state index >= 15 is 0 Å². The zero-order valence-corrected chi connectivity index (χ0v) is 12.8. The predicted molar refractivity (Wildman–Crippen MR) is 78.0 cm³/mol. The number of nitrogens with one attached hydrogen (secondary N) is 1. The van der Waals surface area contributed by atoms with Gasteiger partial charge in [0.1, 0.15) is 0 Å². The molecule has 2 aromatic rings. The third-order valence-corrected chi connectivity index (χ3v) is 3.16. The van der Waals surface area contributed by atoms with Gasteiger partial charge in [-0.15, -0.1) is 0 Å². The highest BCUT2D eigenvalue weighted by Crippen LogP contribution is 2.27. The molecule has 110 valence electrons. The van der Waals surface area contributed by atoms with Crippen LogP contribution >= 0.6 is 0 Å². The van der Waals surface area contributed by atoms with Crippen LogP contribution in [-0.4, -0.2) is 26.1 Å². The van der Waals surface area contributed by atoms with Crippen molar-refractivity contribution in [3.05, 3.63) is 23.7 Å². The molecule has 0 aliphatic carbocycles. The van der Waals surface area contributed by atoms with E-state index in [4.69, 9.17) is 4.74 Å². The molecule has 0 saturated heterocycles. The van der Waals surface area contributed by atoms with Gasteiger partial charge in [-0.25, -0.2) is 4.68 Å². The molecule has 0 radical (unpaired) electrons. The topological polar surface area (TPSA) is 56.9 Å². The van der Waals surface area contributed by atoms with Crippen LogP contribution in [0.15, 0.2) is 12.4 Å². The normalized spacial score (nSPS) is 11.3. The summed E-state index contributed by atoms with van der Waals surface area (Å²) in [6, 6.07) is 0.321. The quantitative estimate of drug-likeness (QED) is 0.881. The van der Waals surface area contributed by atoms with Gasteiger partial charge in [-0.1, -0.05) is 6.92 Å². The highest BCUT2D eigenvalue weighted by Gasteiger charge is 2.16. The summed E-state index contributed by atoms with van der Waals surface area (Å²) in [5.74, 6) is 1.51. The third kappa shape index (κ3) is 3.01. The van der Waals surface area contributed by atoms with E-state index in [1.54, 1.807) is 10.9 Å². The van der Waals surface area contributed by atoms with Crippen LogP contribution in [0, 0.1) is 6.92 Å². The van der Waals surface area contributed by atoms with Crippen molar-refractivity contribution in [3.8, 4) is 11.6 Å². The largest absolute Gasteiger partial charge is 0.436 e. The number of ether oxygens (including phenoxy) is 1. The molecular weight excluding hydrogens is 254 g/mol. The second-order valence-electron chi connectivity index (χ2n) is 5.12. The minimum Gasteiger partial charge on any atom is -0.436 e. The molecule has 0 fully saturated rings. The third-order valence-electron chi connectivity index (χ3n) is 3.16. The standard InChI is InChI=1S/C14H23N5O/c1-6-15-8-13-11(4)17-18(5)14(13)20-12-7-16-19(9-12)10(2)3/h7,9-10,15H,6,8H2,1-5H3. The van der Waals surface area contributed by atoms with Crippen molar-refractivity contribution >= 4 is 0 Å². The molecule has 0 atom stereocenters. The van der Waals surface area contributed by atoms with Gasteiger partial charge in [0.2, 0.25) is 5.88 Å². The van der Waals surface area contributed by atoms with Gasteiger partial charge in [0, 0.05) is 19.6 Å². The molecule has 0 unspecified atom stereocenters. The first kappa shape index (κ1) is 14.6. The van der Waals surface area contributed by atoms with Gasteiger partial charge in [0.05, 0.1) is 23.7 Å². The van der Waals surface area contributed by atoms with Crippen LogP contribution in [0.4, 0.5) is 0 Å². The molecule has 0 spiro atoms. The van der Waals surface area contributed by atoms with E-state index in [9.17, 15) is 0 Å². The Balaban J connectivity index is 2.23. The Morgan fingerprint density at radius 1 is 1.40 bits per heavy atom. The number of hydrogen-bond acceptors (Lipinski definition) is 4. The van der Waals surface area contributed by atoms with E-state index < -0.39 is 0 Å². The second kappa shape index (κ2) is 6.09. The van der Waals surface area contributed by atoms with Gasteiger partial charge in [-0.05, 0) is 27.3 Å². The molecular formula is C14H23N5O. The molecule has 0 aliphatic rings. The van der Waals surface area contributed by atoms with E-state index in [2.05, 4.69) is 36.3 Å². The molecule has 0 aromatic carbocycles. The Hall–Kier alpha value is -1.82. The molecule has 20 heavy (non-hydrogen) atoms. The van der Waals surface area contributed by atoms with E-state index in [0.29, 0.717) is 6.04 Å². The molecule has 0 saturated carbocycles. The van der Waals surface area contributed by atoms with Crippen LogP contribution in [0.25, 0.3) is 0 Å². The molecule has 1 N–H and O–H groups in total. The van der Waals surface area contributed by atoms with Crippen LogP contribution in [0.1, 0.15) is 38.1 Å². The van der Waals surface area contributed by atoms with Gasteiger partial charge in [0.15, 0.2) is 5.75 Å². The number of rotatable bonds is 6. The van der Waals surface area contributed by atoms with Crippen LogP contribution in [-0.2, 0) is 13.6 Å². The van der Waals surface area contributed by atoms with Crippen LogP contribution in [0.3, 0.4) is 0 Å². The van der Waals surface area contributed by atoms with Crippen LogP contribution < -0.4 is 10.1 Å². The Bertz CT molecular complexity index is 570. The molecule has 2 heterocycles. The van der Waals surface area contributed by atoms with Crippen LogP contribution in [0.2, 0.25) is 0 Å². The maximum absolute atomic E-state index is 5.97. The highest BCUT2D eigenvalue weighted by molar-refractivity contribution is 5.34. The van der Waals surface area contributed by atoms with E-state index in [1.807, 2.05) is 24.9 Å². The molecule has 6 nitrogen and oxygen atoms in total. The summed E-state index contributed by atoms with van der Waals surface area (Å²) in [7, 11) is 1.89. The Labute approximate surface area is 119 Å². The first-order valence-electron chi connectivity index (χ1n) is 6.98. The number of aromatic nitrogens is 4. The van der Waals surface area contributed by atoms with Crippen molar-refractivity contribution in [2.45, 2.75) is 40.3 Å². The summed E-state index contributed by atoms with van der Waals surface area (Å²) in [5, 5.41) is 12.0. The van der Waals surface area contributed by atoms with Gasteiger partial charge in [-0.2, -0.15) is 10.2 Å². The molecule has 2 rings (SSSR count). The minimum atomic E-state index is 0.321. The maximum Gasteiger partial charge on any atom is 0.222 e. The lowest BCUT2D eigenvalue weighted by molar-refractivity contribution is 0.422. The number of nitrogens with zero attached hydrogens (tertiary/aromatic N) is 4. The lowest BCUT2D eigenvalue weighted by atomic mass is 10.2. The summed E-state index contributed by atoms with van der Waals surface area (Å²) < 4.78 is 9.62. The zero-order valence-electron chi connectivity index (χ0n) is 12.8. The fourth-order valence-corrected chi connectivity index (χ4v) is 2.03. The fraction of sp³-hybridized carbons (Fsp3) is 0.571. The van der Waals surface area contributed by atoms with Crippen LogP contribution in [0.5, 0.6) is 11.6 Å². The fourth-order valence-electron chi connectivity index (χ4n) is 2.03. The molecule has 6 heteroatoms. The lowest BCUT2D eigenvalue weighted by Gasteiger charge is -2.07. The molecule has 0 bridgehead atoms. The molecule has 2 aromatic heterocycles. The second-order valence-corrected chi connectivity index (χ2v) is 5.12. The monoisotopic (exact) mass is 277 g/mol. The number of hydrogen-bond donors (Lipinski definition) is 1. The minimum absolute atomic E-state index is 0.321. The number of aryl methyl sites for hydroxylation is 2. The molecule has 0 amide bonds. The van der Waals surface area contributed by atoms with Crippen molar-refractivity contribution in [2.24, 2.45) is 7.05 Å². The SMILES string of the molecule is CCNCc1c(C)nn(C)c1Oc1cnn(C(C)C)c1. The summed E-state index contributed by atoms with van der Waals surface area (Å²) in [5.41, 5.74) is 2.08. The van der Waals surface area contributed by atoms with E-state index in [0.717, 1.165) is 36.0 Å². The van der Waals surface area contributed by atoms with Crippen molar-refractivity contribution in [3.63, 3.8) is 0 Å². The first-order chi connectivity index (χ1) is 9.52. The van der Waals surface area contributed by atoms with Gasteiger partial charge >= 0.3 is 0 Å². The van der Waals surface area contributed by atoms with E-state index in [-0.39, 0.29) is 0 Å². The molecule has 0 aliphatic heterocycles. The summed E-state index contributed by atoms with van der Waals surface area (Å²) in [4.78, 5) is 0. The first-order valence-corrected chi connectivity index (χ1v) is 6.98. The zero-order chi connectivity index (χ0) is 14.7. The van der Waals surface area contributed by atoms with E-state index in [1.165, 1.54) is 0 Å². The highest BCUT2D eigenvalue weighted by atomic mass is 16.5.